The van der Waals surface area contributed by atoms with Gasteiger partial charge in [0.1, 0.15) is 5.76 Å². The molecule has 8 N–H and O–H groups in total. The van der Waals surface area contributed by atoms with Crippen LogP contribution in [0, 0.1) is 0 Å². The van der Waals surface area contributed by atoms with E-state index in [1.54, 1.807) is 29.8 Å². The van der Waals surface area contributed by atoms with E-state index in [-0.39, 0.29) is 41.5 Å². The number of allylic oxidation sites excluding steroid dienone is 1. The lowest BCUT2D eigenvalue weighted by Crippen LogP contribution is -2.44. The minimum Gasteiger partial charge on any atom is -0.501 e. The van der Waals surface area contributed by atoms with Crippen LogP contribution >= 0.6 is 23.5 Å². The normalized spacial score (nSPS) is 28.3. The van der Waals surface area contributed by atoms with Crippen LogP contribution in [0.15, 0.2) is 143 Å². The van der Waals surface area contributed by atoms with Gasteiger partial charge in [0, 0.05) is 88.6 Å². The van der Waals surface area contributed by atoms with Crippen molar-refractivity contribution in [1.82, 2.24) is 42.5 Å². The molecule has 6 amide bonds. The molecule has 0 aromatic carbocycles. The first-order valence-corrected chi connectivity index (χ1v) is 27.4. The highest BCUT2D eigenvalue weighted by Gasteiger charge is 2.34. The van der Waals surface area contributed by atoms with Crippen molar-refractivity contribution in [3.05, 3.63) is 143 Å². The van der Waals surface area contributed by atoms with Crippen LogP contribution in [0.4, 0.5) is 0 Å². The molecule has 420 valence electrons. The third-order valence-electron chi connectivity index (χ3n) is 12.3. The maximum Gasteiger partial charge on any atom is 0.261 e. The fourth-order valence-electron chi connectivity index (χ4n) is 8.56. The Balaban J connectivity index is 0.000000136. The molecular formula is C54H68N8O14S2. The molecule has 0 aliphatic carbocycles. The van der Waals surface area contributed by atoms with Gasteiger partial charge in [-0.3, -0.25) is 28.8 Å². The van der Waals surface area contributed by atoms with Crippen LogP contribution in [-0.4, -0.2) is 156 Å². The number of hydrogen-bond donors (Lipinski definition) is 8. The highest BCUT2D eigenvalue weighted by atomic mass is 32.2. The maximum absolute atomic E-state index is 11.4. The molecule has 78 heavy (non-hydrogen) atoms. The predicted octanol–water partition coefficient (Wildman–Crippen LogP) is 2.15. The smallest absolute Gasteiger partial charge is 0.261 e. The lowest BCUT2D eigenvalue weighted by atomic mass is 10.1. The van der Waals surface area contributed by atoms with Gasteiger partial charge in [-0.25, -0.2) is 0 Å². The van der Waals surface area contributed by atoms with Crippen molar-refractivity contribution in [2.45, 2.75) is 68.7 Å². The van der Waals surface area contributed by atoms with Gasteiger partial charge in [0.2, 0.25) is 0 Å². The van der Waals surface area contributed by atoms with E-state index >= 15 is 0 Å². The third-order valence-corrected chi connectivity index (χ3v) is 14.3. The summed E-state index contributed by atoms with van der Waals surface area (Å²) in [7, 11) is 0. The number of morpholine rings is 6. The van der Waals surface area contributed by atoms with Gasteiger partial charge in [0.25, 0.3) is 35.4 Å². The van der Waals surface area contributed by atoms with Crippen molar-refractivity contribution in [2.75, 3.05) is 84.0 Å². The van der Waals surface area contributed by atoms with Gasteiger partial charge in [0.15, 0.2) is 36.6 Å². The maximum atomic E-state index is 11.4. The molecule has 6 fully saturated rings. The number of thioether (sulfide) groups is 2. The van der Waals surface area contributed by atoms with Crippen LogP contribution in [-0.2, 0) is 66.7 Å². The highest BCUT2D eigenvalue weighted by molar-refractivity contribution is 8.03. The fraction of sp³-hybridized carbons (Fsp3) is 0.444. The van der Waals surface area contributed by atoms with Gasteiger partial charge >= 0.3 is 0 Å². The van der Waals surface area contributed by atoms with E-state index in [1.807, 2.05) is 23.8 Å². The van der Waals surface area contributed by atoms with Crippen molar-refractivity contribution < 1.29 is 66.7 Å². The Bertz CT molecular complexity index is 2160. The van der Waals surface area contributed by atoms with Crippen LogP contribution in [0.1, 0.15) is 32.1 Å². The molecule has 22 nitrogen and oxygen atoms in total. The van der Waals surface area contributed by atoms with E-state index in [9.17, 15) is 28.8 Å². The third kappa shape index (κ3) is 17.3. The van der Waals surface area contributed by atoms with Crippen LogP contribution in [0.25, 0.3) is 0 Å². The van der Waals surface area contributed by atoms with Crippen molar-refractivity contribution >= 4 is 59.0 Å². The van der Waals surface area contributed by atoms with Gasteiger partial charge < -0.3 is 80.4 Å². The molecule has 24 heteroatoms. The van der Waals surface area contributed by atoms with Gasteiger partial charge in [-0.1, -0.05) is 51.6 Å². The van der Waals surface area contributed by atoms with E-state index in [0.717, 1.165) is 90.4 Å². The Labute approximate surface area is 461 Å². The molecule has 6 atom stereocenters. The lowest BCUT2D eigenvalue weighted by molar-refractivity contribution is -0.135. The number of carbonyl (C=O) groups excluding carboxylic acids is 6. The second-order valence-electron chi connectivity index (χ2n) is 18.7. The Morgan fingerprint density at radius 2 is 0.962 bits per heavy atom. The Morgan fingerprint density at radius 1 is 0.474 bits per heavy atom. The standard InChI is InChI=1S/2C9H12N2O2.2C9H11NO3.2C9H11NO2S/c2*1-6-5-13-8(9(12)11-6)7-2-3-10-4-7;1-6-4-13-8(9(11)10-6)7-2-3-12-5-7;1-6-5-13-8(9(11)10-6)7-3-2-4-12-7;1-6-4-12-8(9(11)10-6)7-2-3-13-5-7;1-6-5-12-8(9(11)10-6)7-3-2-4-13-7/h4,8,10H,1-3,5H2,(H,11,12);2,8,10H,1,3-5H2,(H,11,12);5,8H,1-4H2,(H,10,11);3,8H,1-2,4-5H2,(H,10,11);5,8H,1-4H2,(H,10,11);3,8H,1-2,4-5H2,(H,10,11). The second-order valence-corrected chi connectivity index (χ2v) is 20.8. The number of carbonyl (C=O) groups is 6. The minimum absolute atomic E-state index is 0.0787. The molecule has 12 aliphatic rings. The summed E-state index contributed by atoms with van der Waals surface area (Å²) in [5.74, 6) is 2.04. The monoisotopic (exact) mass is 1120 g/mol. The van der Waals surface area contributed by atoms with E-state index in [1.165, 1.54) is 0 Å². The predicted molar refractivity (Wildman–Crippen MR) is 291 cm³/mol. The van der Waals surface area contributed by atoms with Gasteiger partial charge in [0.05, 0.1) is 59.1 Å². The summed E-state index contributed by atoms with van der Waals surface area (Å²) in [5.41, 5.74) is 7.80. The van der Waals surface area contributed by atoms with Crippen molar-refractivity contribution in [3.8, 4) is 0 Å². The second kappa shape index (κ2) is 29.5. The quantitative estimate of drug-likeness (QED) is 0.177. The van der Waals surface area contributed by atoms with E-state index in [4.69, 9.17) is 37.9 Å². The number of ether oxygens (including phenoxy) is 8. The average molecular weight is 1120 g/mol. The number of rotatable bonds is 6. The zero-order valence-corrected chi connectivity index (χ0v) is 45.1. The zero-order chi connectivity index (χ0) is 55.6. The summed E-state index contributed by atoms with van der Waals surface area (Å²) in [5, 5.41) is 24.2. The summed E-state index contributed by atoms with van der Waals surface area (Å²) >= 11 is 3.43. The topological polar surface area (TPSA) is 272 Å². The molecule has 0 saturated carbocycles. The van der Waals surface area contributed by atoms with Gasteiger partial charge in [-0.2, -0.15) is 0 Å². The molecule has 0 radical (unpaired) electrons. The summed E-state index contributed by atoms with van der Waals surface area (Å²) in [6.45, 7) is 27.9. The van der Waals surface area contributed by atoms with Crippen LogP contribution < -0.4 is 42.5 Å². The molecule has 6 saturated heterocycles. The summed E-state index contributed by atoms with van der Waals surface area (Å²) in [4.78, 5) is 69.6. The summed E-state index contributed by atoms with van der Waals surface area (Å²) in [6, 6.07) is 0. The minimum atomic E-state index is -0.576. The first-order chi connectivity index (χ1) is 37.6. The summed E-state index contributed by atoms with van der Waals surface area (Å²) in [6.07, 6.45) is 11.3. The largest absolute Gasteiger partial charge is 0.501 e. The molecule has 0 bridgehead atoms. The van der Waals surface area contributed by atoms with Crippen molar-refractivity contribution in [1.29, 1.82) is 0 Å². The first-order valence-electron chi connectivity index (χ1n) is 25.3. The Morgan fingerprint density at radius 3 is 1.35 bits per heavy atom. The highest BCUT2D eigenvalue weighted by Crippen LogP contribution is 2.31. The van der Waals surface area contributed by atoms with Crippen LogP contribution in [0.3, 0.4) is 0 Å². The van der Waals surface area contributed by atoms with E-state index in [0.29, 0.717) is 92.8 Å². The number of nitrogens with one attached hydrogen (secondary N) is 8. The number of amides is 6. The molecule has 6 unspecified atom stereocenters. The first kappa shape index (κ1) is 59.2. The zero-order valence-electron chi connectivity index (χ0n) is 43.4. The lowest BCUT2D eigenvalue weighted by Gasteiger charge is -2.24. The van der Waals surface area contributed by atoms with Gasteiger partial charge in [-0.15, -0.1) is 23.5 Å². The van der Waals surface area contributed by atoms with E-state index < -0.39 is 30.5 Å². The average Bonchev–Trinajstić information content (AvgIpc) is 4.26. The van der Waals surface area contributed by atoms with E-state index in [2.05, 4.69) is 88.1 Å². The number of hydrogen-bond acceptors (Lipinski definition) is 18. The van der Waals surface area contributed by atoms with Crippen LogP contribution in [0.2, 0.25) is 0 Å². The fourth-order valence-corrected chi connectivity index (χ4v) is 10.5. The Hall–Kier alpha value is -6.48. The molecule has 0 aromatic heterocycles. The summed E-state index contributed by atoms with van der Waals surface area (Å²) < 4.78 is 42.4. The molecular weight excluding hydrogens is 1050 g/mol. The SMILES string of the molecule is C=C1COC(C2=CCCO2)C(=O)N1.C=C1COC(C2=CCCS2)C(=O)N1.C=C1COC(C2=CCNC2)C(=O)N1.C=C1COC(C2=CNCC2)C(=O)N1.C=C1COC(C2=COCC2)C(=O)N1.C=C1COC(C2=CSCC2)C(=O)N1. The van der Waals surface area contributed by atoms with Crippen LogP contribution in [0.5, 0.6) is 0 Å². The van der Waals surface area contributed by atoms with Gasteiger partial charge in [-0.05, 0) is 53.7 Å². The molecule has 12 rings (SSSR count). The molecule has 0 aromatic rings. The molecule has 0 spiro atoms. The molecule has 12 aliphatic heterocycles. The molecule has 12 heterocycles. The van der Waals surface area contributed by atoms with Crippen molar-refractivity contribution in [2.24, 2.45) is 0 Å². The Kier molecular flexibility index (Phi) is 22.4. The van der Waals surface area contributed by atoms with Crippen molar-refractivity contribution in [3.63, 3.8) is 0 Å².